The number of likely N-dealkylation sites (tertiary alicyclic amines) is 1. The molecule has 0 atom stereocenters. The van der Waals surface area contributed by atoms with E-state index in [2.05, 4.69) is 32.8 Å². The number of carbonyl (C=O) groups excluding carboxylic acids is 1. The Morgan fingerprint density at radius 3 is 2.36 bits per heavy atom. The number of halogens is 1. The van der Waals surface area contributed by atoms with Crippen molar-refractivity contribution in [2.45, 2.75) is 39.0 Å². The highest BCUT2D eigenvalue weighted by Crippen LogP contribution is 2.09. The van der Waals surface area contributed by atoms with E-state index in [1.54, 1.807) is 0 Å². The molecule has 0 aliphatic carbocycles. The second-order valence-electron chi connectivity index (χ2n) is 6.92. The van der Waals surface area contributed by atoms with Crippen molar-refractivity contribution in [1.82, 2.24) is 20.9 Å². The summed E-state index contributed by atoms with van der Waals surface area (Å²) in [5, 5.41) is 9.47. The van der Waals surface area contributed by atoms with E-state index in [0.29, 0.717) is 18.7 Å². The second-order valence-corrected chi connectivity index (χ2v) is 6.92. The van der Waals surface area contributed by atoms with Crippen molar-refractivity contribution in [2.24, 2.45) is 4.99 Å². The number of benzene rings is 1. The normalized spacial score (nSPS) is 15.2. The Kier molecular flexibility index (Phi) is 13.7. The highest BCUT2D eigenvalue weighted by atomic mass is 127. The lowest BCUT2D eigenvalue weighted by Crippen LogP contribution is -2.41. The van der Waals surface area contributed by atoms with E-state index in [1.807, 2.05) is 30.3 Å². The van der Waals surface area contributed by atoms with Crippen molar-refractivity contribution < 1.29 is 4.79 Å². The van der Waals surface area contributed by atoms with E-state index in [4.69, 9.17) is 0 Å². The highest BCUT2D eigenvalue weighted by Gasteiger charge is 2.08. The van der Waals surface area contributed by atoms with Crippen LogP contribution in [0.2, 0.25) is 0 Å². The number of nitrogens with one attached hydrogen (secondary N) is 3. The fourth-order valence-electron chi connectivity index (χ4n) is 3.24. The molecule has 2 rings (SSSR count). The number of rotatable bonds is 9. The van der Waals surface area contributed by atoms with Crippen molar-refractivity contribution in [3.63, 3.8) is 0 Å². The summed E-state index contributed by atoms with van der Waals surface area (Å²) in [7, 11) is 0. The Morgan fingerprint density at radius 2 is 1.68 bits per heavy atom. The van der Waals surface area contributed by atoms with Gasteiger partial charge in [-0.25, -0.2) is 0 Å². The molecule has 28 heavy (non-hydrogen) atoms. The molecule has 1 aliphatic heterocycles. The van der Waals surface area contributed by atoms with Gasteiger partial charge in [0.15, 0.2) is 5.96 Å². The van der Waals surface area contributed by atoms with E-state index in [1.165, 1.54) is 38.8 Å². The van der Waals surface area contributed by atoms with E-state index >= 15 is 0 Å². The molecular weight excluding hydrogens is 465 g/mol. The largest absolute Gasteiger partial charge is 0.357 e. The van der Waals surface area contributed by atoms with E-state index in [-0.39, 0.29) is 29.9 Å². The summed E-state index contributed by atoms with van der Waals surface area (Å²) in [6.45, 7) is 8.53. The lowest BCUT2D eigenvalue weighted by Gasteiger charge is -2.19. The quantitative estimate of drug-likeness (QED) is 0.211. The summed E-state index contributed by atoms with van der Waals surface area (Å²) >= 11 is 0. The molecule has 3 N–H and O–H groups in total. The molecule has 1 saturated heterocycles. The van der Waals surface area contributed by atoms with Crippen LogP contribution >= 0.6 is 24.0 Å². The predicted octanol–water partition coefficient (Wildman–Crippen LogP) is 2.86. The van der Waals surface area contributed by atoms with Crippen LogP contribution < -0.4 is 16.0 Å². The maximum absolute atomic E-state index is 12.0. The highest BCUT2D eigenvalue weighted by molar-refractivity contribution is 14.0. The minimum Gasteiger partial charge on any atom is -0.357 e. The zero-order valence-corrected chi connectivity index (χ0v) is 19.4. The Labute approximate surface area is 187 Å². The van der Waals surface area contributed by atoms with Gasteiger partial charge in [0.05, 0.1) is 0 Å². The number of carbonyl (C=O) groups is 1. The van der Waals surface area contributed by atoms with Gasteiger partial charge in [-0.3, -0.25) is 9.79 Å². The average Bonchev–Trinajstić information content (AvgIpc) is 2.97. The zero-order chi connectivity index (χ0) is 19.2. The predicted molar refractivity (Wildman–Crippen MR) is 128 cm³/mol. The van der Waals surface area contributed by atoms with Gasteiger partial charge in [0.25, 0.3) is 5.91 Å². The topological polar surface area (TPSA) is 68.8 Å². The maximum atomic E-state index is 12.0. The van der Waals surface area contributed by atoms with Crippen LogP contribution in [-0.4, -0.2) is 62.6 Å². The second kappa shape index (κ2) is 15.6. The van der Waals surface area contributed by atoms with Crippen molar-refractivity contribution in [3.05, 3.63) is 35.9 Å². The van der Waals surface area contributed by atoms with Crippen molar-refractivity contribution >= 4 is 35.8 Å². The van der Waals surface area contributed by atoms with Crippen LogP contribution in [-0.2, 0) is 0 Å². The molecular formula is C21H36IN5O. The van der Waals surface area contributed by atoms with E-state index in [9.17, 15) is 4.79 Å². The SMILES string of the molecule is CCNC(=NCCCN1CCCCCC1)NCCNC(=O)c1ccccc1.I. The third-order valence-corrected chi connectivity index (χ3v) is 4.68. The van der Waals surface area contributed by atoms with Crippen molar-refractivity contribution in [2.75, 3.05) is 45.8 Å². The molecule has 1 aromatic rings. The first-order valence-electron chi connectivity index (χ1n) is 10.4. The molecule has 1 heterocycles. The summed E-state index contributed by atoms with van der Waals surface area (Å²) in [5.41, 5.74) is 0.687. The Hall–Kier alpha value is -1.35. The Balaban J connectivity index is 0.00000392. The molecule has 7 heteroatoms. The average molecular weight is 501 g/mol. The fraction of sp³-hybridized carbons (Fsp3) is 0.619. The molecule has 0 bridgehead atoms. The first kappa shape index (κ1) is 24.7. The minimum atomic E-state index is -0.0446. The number of hydrogen-bond acceptors (Lipinski definition) is 3. The van der Waals surface area contributed by atoms with Crippen LogP contribution in [0.5, 0.6) is 0 Å². The number of nitrogens with zero attached hydrogens (tertiary/aromatic N) is 2. The van der Waals surface area contributed by atoms with Crippen molar-refractivity contribution in [3.8, 4) is 0 Å². The first-order valence-corrected chi connectivity index (χ1v) is 10.4. The summed E-state index contributed by atoms with van der Waals surface area (Å²) < 4.78 is 0. The van der Waals surface area contributed by atoms with Gasteiger partial charge >= 0.3 is 0 Å². The van der Waals surface area contributed by atoms with Gasteiger partial charge in [0.2, 0.25) is 0 Å². The van der Waals surface area contributed by atoms with Crippen LogP contribution in [0.4, 0.5) is 0 Å². The summed E-state index contributed by atoms with van der Waals surface area (Å²) in [5.74, 6) is 0.777. The lowest BCUT2D eigenvalue weighted by molar-refractivity contribution is 0.0954. The molecule has 0 aromatic heterocycles. The Morgan fingerprint density at radius 1 is 1.00 bits per heavy atom. The molecule has 1 aliphatic rings. The lowest BCUT2D eigenvalue weighted by atomic mass is 10.2. The molecule has 0 spiro atoms. The van der Waals surface area contributed by atoms with Crippen LogP contribution in [0.3, 0.4) is 0 Å². The van der Waals surface area contributed by atoms with Crippen LogP contribution in [0, 0.1) is 0 Å². The van der Waals surface area contributed by atoms with Crippen LogP contribution in [0.1, 0.15) is 49.4 Å². The van der Waals surface area contributed by atoms with Gasteiger partial charge in [-0.2, -0.15) is 0 Å². The van der Waals surface area contributed by atoms with E-state index in [0.717, 1.165) is 32.0 Å². The molecule has 0 radical (unpaired) electrons. The minimum absolute atomic E-state index is 0. The summed E-state index contributed by atoms with van der Waals surface area (Å²) in [4.78, 5) is 19.2. The van der Waals surface area contributed by atoms with Gasteiger partial charge in [-0.15, -0.1) is 24.0 Å². The molecule has 1 fully saturated rings. The number of guanidine groups is 1. The van der Waals surface area contributed by atoms with E-state index < -0.39 is 0 Å². The van der Waals surface area contributed by atoms with Gasteiger partial charge in [0, 0.05) is 31.7 Å². The smallest absolute Gasteiger partial charge is 0.251 e. The van der Waals surface area contributed by atoms with Gasteiger partial charge in [0.1, 0.15) is 0 Å². The van der Waals surface area contributed by atoms with Gasteiger partial charge in [-0.1, -0.05) is 31.0 Å². The molecule has 0 saturated carbocycles. The maximum Gasteiger partial charge on any atom is 0.251 e. The molecule has 0 unspecified atom stereocenters. The Bertz CT molecular complexity index is 559. The summed E-state index contributed by atoms with van der Waals surface area (Å²) in [6, 6.07) is 9.28. The first-order chi connectivity index (χ1) is 13.3. The standard InChI is InChI=1S/C21H35N5O.HI/c1-2-22-21(24-13-10-18-26-16-8-3-4-9-17-26)25-15-14-23-20(27)19-11-6-5-7-12-19;/h5-7,11-12H,2-4,8-10,13-18H2,1H3,(H,23,27)(H2,22,24,25);1H. The van der Waals surface area contributed by atoms with Crippen LogP contribution in [0.15, 0.2) is 35.3 Å². The third kappa shape index (κ3) is 10.3. The van der Waals surface area contributed by atoms with Gasteiger partial charge < -0.3 is 20.9 Å². The number of amides is 1. The number of hydrogen-bond donors (Lipinski definition) is 3. The molecule has 6 nitrogen and oxygen atoms in total. The third-order valence-electron chi connectivity index (χ3n) is 4.68. The molecule has 158 valence electrons. The molecule has 1 amide bonds. The van der Waals surface area contributed by atoms with Crippen molar-refractivity contribution in [1.29, 1.82) is 0 Å². The van der Waals surface area contributed by atoms with Gasteiger partial charge in [-0.05, 0) is 58.0 Å². The fourth-order valence-corrected chi connectivity index (χ4v) is 3.24. The monoisotopic (exact) mass is 501 g/mol. The number of aliphatic imine (C=N–C) groups is 1. The summed E-state index contributed by atoms with van der Waals surface area (Å²) in [6.07, 6.45) is 6.51. The van der Waals surface area contributed by atoms with Crippen LogP contribution in [0.25, 0.3) is 0 Å². The molecule has 1 aromatic carbocycles. The zero-order valence-electron chi connectivity index (χ0n) is 17.1.